The molecule has 0 saturated carbocycles. The lowest BCUT2D eigenvalue weighted by molar-refractivity contribution is -0.107. The molecule has 0 unspecified atom stereocenters. The summed E-state index contributed by atoms with van der Waals surface area (Å²) in [5, 5.41) is 0. The number of hydrogen-bond donors (Lipinski definition) is 2. The van der Waals surface area contributed by atoms with Crippen LogP contribution in [-0.2, 0) is 11.2 Å². The van der Waals surface area contributed by atoms with E-state index < -0.39 is 0 Å². The zero-order valence-electron chi connectivity index (χ0n) is 11.9. The second-order valence-electron chi connectivity index (χ2n) is 4.44. The van der Waals surface area contributed by atoms with Gasteiger partial charge in [0.15, 0.2) is 0 Å². The molecule has 108 valence electrons. The number of rotatable bonds is 8. The molecule has 0 amide bonds. The van der Waals surface area contributed by atoms with Crippen LogP contribution in [0.2, 0.25) is 0 Å². The second-order valence-corrected chi connectivity index (χ2v) is 4.44. The molecule has 1 aromatic rings. The molecule has 1 rings (SSSR count). The van der Waals surface area contributed by atoms with E-state index in [9.17, 15) is 4.79 Å². The number of carbonyl (C=O) groups is 1. The Kier molecular flexibility index (Phi) is 12.4. The first-order valence-electron chi connectivity index (χ1n) is 6.80. The van der Waals surface area contributed by atoms with E-state index in [1.54, 1.807) is 0 Å². The summed E-state index contributed by atoms with van der Waals surface area (Å²) in [6.45, 7) is 3.76. The standard InChI is InChI=1S/C8H8O.C7H19N3/c9-7-6-8-4-2-1-3-5-8;1-10(6-2-4-8)7-3-5-9/h1-5,7H,6H2;2-9H2,1H3. The summed E-state index contributed by atoms with van der Waals surface area (Å²) in [5.41, 5.74) is 11.8. The Bertz CT molecular complexity index is 296. The van der Waals surface area contributed by atoms with Crippen LogP contribution >= 0.6 is 0 Å². The van der Waals surface area contributed by atoms with Crippen LogP contribution in [0.25, 0.3) is 0 Å². The molecule has 0 bridgehead atoms. The van der Waals surface area contributed by atoms with Crippen molar-refractivity contribution in [1.29, 1.82) is 0 Å². The molecule has 0 radical (unpaired) electrons. The molecule has 0 fully saturated rings. The molecular formula is C15H27N3O. The summed E-state index contributed by atoms with van der Waals surface area (Å²) < 4.78 is 0. The van der Waals surface area contributed by atoms with Crippen molar-refractivity contribution in [2.75, 3.05) is 33.2 Å². The van der Waals surface area contributed by atoms with Crippen molar-refractivity contribution in [2.45, 2.75) is 19.3 Å². The lowest BCUT2D eigenvalue weighted by atomic mass is 10.2. The SMILES string of the molecule is CN(CCCN)CCCN.O=CCc1ccccc1. The highest BCUT2D eigenvalue weighted by Gasteiger charge is 1.94. The summed E-state index contributed by atoms with van der Waals surface area (Å²) in [4.78, 5) is 12.2. The molecule has 1 aromatic carbocycles. The Morgan fingerprint density at radius 2 is 1.58 bits per heavy atom. The van der Waals surface area contributed by atoms with Crippen molar-refractivity contribution >= 4 is 6.29 Å². The van der Waals surface area contributed by atoms with Crippen molar-refractivity contribution in [3.63, 3.8) is 0 Å². The van der Waals surface area contributed by atoms with Gasteiger partial charge in [-0.1, -0.05) is 30.3 Å². The van der Waals surface area contributed by atoms with Crippen LogP contribution in [0.4, 0.5) is 0 Å². The Labute approximate surface area is 116 Å². The van der Waals surface area contributed by atoms with Gasteiger partial charge in [-0.05, 0) is 51.6 Å². The molecule has 0 aliphatic rings. The van der Waals surface area contributed by atoms with E-state index >= 15 is 0 Å². The molecule has 0 aromatic heterocycles. The Balaban J connectivity index is 0.000000342. The van der Waals surface area contributed by atoms with Gasteiger partial charge in [0.05, 0.1) is 0 Å². The van der Waals surface area contributed by atoms with Crippen LogP contribution in [0.3, 0.4) is 0 Å². The summed E-state index contributed by atoms with van der Waals surface area (Å²) in [6.07, 6.45) is 3.61. The maximum Gasteiger partial charge on any atom is 0.124 e. The van der Waals surface area contributed by atoms with Gasteiger partial charge in [-0.25, -0.2) is 0 Å². The van der Waals surface area contributed by atoms with E-state index in [4.69, 9.17) is 11.5 Å². The molecule has 0 atom stereocenters. The summed E-state index contributed by atoms with van der Waals surface area (Å²) in [6, 6.07) is 9.68. The van der Waals surface area contributed by atoms with E-state index in [1.807, 2.05) is 30.3 Å². The van der Waals surface area contributed by atoms with Gasteiger partial charge in [-0.2, -0.15) is 0 Å². The number of benzene rings is 1. The van der Waals surface area contributed by atoms with Gasteiger partial charge < -0.3 is 21.2 Å². The quantitative estimate of drug-likeness (QED) is 0.689. The molecule has 0 spiro atoms. The van der Waals surface area contributed by atoms with E-state index in [-0.39, 0.29) is 0 Å². The van der Waals surface area contributed by atoms with E-state index in [0.29, 0.717) is 6.42 Å². The van der Waals surface area contributed by atoms with Crippen molar-refractivity contribution in [2.24, 2.45) is 11.5 Å². The van der Waals surface area contributed by atoms with Crippen LogP contribution in [0.1, 0.15) is 18.4 Å². The number of hydrogen-bond acceptors (Lipinski definition) is 4. The van der Waals surface area contributed by atoms with Crippen LogP contribution < -0.4 is 11.5 Å². The van der Waals surface area contributed by atoms with Crippen LogP contribution in [0, 0.1) is 0 Å². The fourth-order valence-electron chi connectivity index (χ4n) is 1.54. The Morgan fingerprint density at radius 1 is 1.05 bits per heavy atom. The van der Waals surface area contributed by atoms with Crippen molar-refractivity contribution in [1.82, 2.24) is 4.90 Å². The number of aldehydes is 1. The molecule has 0 aliphatic carbocycles. The average molecular weight is 265 g/mol. The fourth-order valence-corrected chi connectivity index (χ4v) is 1.54. The summed E-state index contributed by atoms with van der Waals surface area (Å²) >= 11 is 0. The summed E-state index contributed by atoms with van der Waals surface area (Å²) in [7, 11) is 2.10. The Morgan fingerprint density at radius 3 is 2.00 bits per heavy atom. The monoisotopic (exact) mass is 265 g/mol. The normalized spacial score (nSPS) is 9.89. The molecular weight excluding hydrogens is 238 g/mol. The summed E-state index contributed by atoms with van der Waals surface area (Å²) in [5.74, 6) is 0. The largest absolute Gasteiger partial charge is 0.330 e. The van der Waals surface area contributed by atoms with Crippen LogP contribution in [0.15, 0.2) is 30.3 Å². The zero-order chi connectivity index (χ0) is 14.3. The zero-order valence-corrected chi connectivity index (χ0v) is 11.9. The average Bonchev–Trinajstić information content (AvgIpc) is 2.45. The Hall–Kier alpha value is -1.23. The molecule has 0 heterocycles. The van der Waals surface area contributed by atoms with Crippen molar-refractivity contribution < 1.29 is 4.79 Å². The van der Waals surface area contributed by atoms with Gasteiger partial charge in [0.2, 0.25) is 0 Å². The van der Waals surface area contributed by atoms with Crippen molar-refractivity contribution in [3.05, 3.63) is 35.9 Å². The second kappa shape index (κ2) is 13.2. The lowest BCUT2D eigenvalue weighted by Crippen LogP contribution is -2.24. The van der Waals surface area contributed by atoms with E-state index in [0.717, 1.165) is 50.9 Å². The third-order valence-corrected chi connectivity index (χ3v) is 2.65. The highest BCUT2D eigenvalue weighted by atomic mass is 16.1. The molecule has 4 nitrogen and oxygen atoms in total. The molecule has 0 saturated heterocycles. The third kappa shape index (κ3) is 11.6. The molecule has 4 heteroatoms. The minimum atomic E-state index is 0.529. The van der Waals surface area contributed by atoms with E-state index in [2.05, 4.69) is 11.9 Å². The van der Waals surface area contributed by atoms with E-state index in [1.165, 1.54) is 0 Å². The van der Waals surface area contributed by atoms with Crippen LogP contribution in [0.5, 0.6) is 0 Å². The van der Waals surface area contributed by atoms with Gasteiger partial charge in [-0.3, -0.25) is 0 Å². The smallest absolute Gasteiger partial charge is 0.124 e. The number of nitrogens with two attached hydrogens (primary N) is 2. The number of carbonyl (C=O) groups excluding carboxylic acids is 1. The fraction of sp³-hybridized carbons (Fsp3) is 0.533. The van der Waals surface area contributed by atoms with Crippen molar-refractivity contribution in [3.8, 4) is 0 Å². The molecule has 19 heavy (non-hydrogen) atoms. The lowest BCUT2D eigenvalue weighted by Gasteiger charge is -2.14. The van der Waals surface area contributed by atoms with Gasteiger partial charge in [0.1, 0.15) is 6.29 Å². The predicted molar refractivity (Wildman–Crippen MR) is 81.0 cm³/mol. The highest BCUT2D eigenvalue weighted by molar-refractivity contribution is 5.54. The van der Waals surface area contributed by atoms with Crippen LogP contribution in [-0.4, -0.2) is 44.4 Å². The predicted octanol–water partition coefficient (Wildman–Crippen LogP) is 1.04. The maximum atomic E-state index is 9.97. The maximum absolute atomic E-state index is 9.97. The van der Waals surface area contributed by atoms with Gasteiger partial charge in [0, 0.05) is 6.42 Å². The third-order valence-electron chi connectivity index (χ3n) is 2.65. The first kappa shape index (κ1) is 17.8. The van der Waals surface area contributed by atoms with Gasteiger partial charge >= 0.3 is 0 Å². The topological polar surface area (TPSA) is 72.3 Å². The first-order chi connectivity index (χ1) is 9.24. The molecule has 4 N–H and O–H groups in total. The number of nitrogens with zero attached hydrogens (tertiary/aromatic N) is 1. The minimum Gasteiger partial charge on any atom is -0.330 e. The first-order valence-corrected chi connectivity index (χ1v) is 6.80. The molecule has 0 aliphatic heterocycles. The highest BCUT2D eigenvalue weighted by Crippen LogP contribution is 1.96. The van der Waals surface area contributed by atoms with Gasteiger partial charge in [-0.15, -0.1) is 0 Å². The van der Waals surface area contributed by atoms with Gasteiger partial charge in [0.25, 0.3) is 0 Å². The minimum absolute atomic E-state index is 0.529.